The Bertz CT molecular complexity index is 200. The van der Waals surface area contributed by atoms with Crippen LogP contribution in [0.2, 0.25) is 0 Å². The quantitative estimate of drug-likeness (QED) is 0.632. The van der Waals surface area contributed by atoms with Crippen LogP contribution in [0.15, 0.2) is 12.4 Å². The van der Waals surface area contributed by atoms with Gasteiger partial charge in [-0.3, -0.25) is 0 Å². The SMILES string of the molecule is c1[nH]cc2c1CSSSC2. The second-order valence-electron chi connectivity index (χ2n) is 2.10. The Morgan fingerprint density at radius 1 is 1.10 bits per heavy atom. The highest BCUT2D eigenvalue weighted by atomic mass is 33.5. The zero-order valence-electron chi connectivity index (χ0n) is 5.29. The van der Waals surface area contributed by atoms with Gasteiger partial charge in [-0.1, -0.05) is 21.6 Å². The van der Waals surface area contributed by atoms with Crippen molar-refractivity contribution in [3.8, 4) is 0 Å². The van der Waals surface area contributed by atoms with Gasteiger partial charge in [0.2, 0.25) is 0 Å². The van der Waals surface area contributed by atoms with Crippen molar-refractivity contribution >= 4 is 31.4 Å². The van der Waals surface area contributed by atoms with Crippen LogP contribution in [0.3, 0.4) is 0 Å². The fourth-order valence-corrected chi connectivity index (χ4v) is 4.59. The van der Waals surface area contributed by atoms with Crippen LogP contribution >= 0.6 is 31.4 Å². The summed E-state index contributed by atoms with van der Waals surface area (Å²) in [6, 6.07) is 0. The fourth-order valence-electron chi connectivity index (χ4n) is 0.906. The van der Waals surface area contributed by atoms with Crippen LogP contribution < -0.4 is 0 Å². The minimum atomic E-state index is 1.15. The van der Waals surface area contributed by atoms with Crippen LogP contribution in [-0.4, -0.2) is 4.98 Å². The molecule has 1 N–H and O–H groups in total. The average molecular weight is 189 g/mol. The molecular weight excluding hydrogens is 182 g/mol. The minimum Gasteiger partial charge on any atom is -0.367 e. The molecule has 2 heterocycles. The Balaban J connectivity index is 2.28. The van der Waals surface area contributed by atoms with E-state index in [1.54, 1.807) is 0 Å². The van der Waals surface area contributed by atoms with Gasteiger partial charge in [0, 0.05) is 23.9 Å². The lowest BCUT2D eigenvalue weighted by molar-refractivity contribution is 1.34. The lowest BCUT2D eigenvalue weighted by Crippen LogP contribution is -1.78. The van der Waals surface area contributed by atoms with Crippen LogP contribution in [0.4, 0.5) is 0 Å². The number of H-pyrrole nitrogens is 1. The summed E-state index contributed by atoms with van der Waals surface area (Å²) in [5.41, 5.74) is 2.95. The van der Waals surface area contributed by atoms with Gasteiger partial charge in [0.05, 0.1) is 0 Å². The fraction of sp³-hybridized carbons (Fsp3) is 0.333. The number of hydrogen-bond acceptors (Lipinski definition) is 3. The molecule has 4 heteroatoms. The molecule has 0 aromatic carbocycles. The summed E-state index contributed by atoms with van der Waals surface area (Å²) in [4.78, 5) is 3.13. The third kappa shape index (κ3) is 1.33. The Labute approximate surface area is 71.5 Å². The van der Waals surface area contributed by atoms with E-state index in [-0.39, 0.29) is 0 Å². The zero-order valence-corrected chi connectivity index (χ0v) is 7.74. The first-order valence-electron chi connectivity index (χ1n) is 3.02. The minimum absolute atomic E-state index is 1.15. The standard InChI is InChI=1S/C6H7NS3/c1-5-3-8-10-9-4-6(5)2-7-1/h1-2,7H,3-4H2. The molecule has 0 fully saturated rings. The van der Waals surface area contributed by atoms with Crippen molar-refractivity contribution in [2.24, 2.45) is 0 Å². The maximum Gasteiger partial charge on any atom is 0.0314 e. The molecule has 0 unspecified atom stereocenters. The number of nitrogens with one attached hydrogen (secondary N) is 1. The van der Waals surface area contributed by atoms with E-state index in [0.717, 1.165) is 11.5 Å². The highest BCUT2D eigenvalue weighted by Gasteiger charge is 2.08. The third-order valence-electron chi connectivity index (χ3n) is 1.45. The molecule has 1 aliphatic rings. The summed E-state index contributed by atoms with van der Waals surface area (Å²) in [5.74, 6) is 2.30. The number of hydrogen-bond donors (Lipinski definition) is 1. The van der Waals surface area contributed by atoms with Gasteiger partial charge in [0.15, 0.2) is 0 Å². The third-order valence-corrected chi connectivity index (χ3v) is 5.52. The van der Waals surface area contributed by atoms with Gasteiger partial charge < -0.3 is 4.98 Å². The smallest absolute Gasteiger partial charge is 0.0314 e. The summed E-state index contributed by atoms with van der Waals surface area (Å²) in [6.45, 7) is 0. The van der Waals surface area contributed by atoms with E-state index >= 15 is 0 Å². The molecule has 54 valence electrons. The molecule has 0 radical (unpaired) electrons. The normalized spacial score (nSPS) is 18.0. The topological polar surface area (TPSA) is 15.8 Å². The van der Waals surface area contributed by atoms with E-state index in [1.807, 2.05) is 31.4 Å². The molecule has 1 aromatic rings. The summed E-state index contributed by atoms with van der Waals surface area (Å²) in [5, 5.41) is 0. The van der Waals surface area contributed by atoms with E-state index in [1.165, 1.54) is 11.1 Å². The van der Waals surface area contributed by atoms with Crippen molar-refractivity contribution in [1.29, 1.82) is 0 Å². The maximum absolute atomic E-state index is 3.13. The van der Waals surface area contributed by atoms with Crippen LogP contribution in [0.5, 0.6) is 0 Å². The summed E-state index contributed by atoms with van der Waals surface area (Å²) >= 11 is 0. The number of aromatic nitrogens is 1. The Kier molecular flexibility index (Phi) is 2.21. The van der Waals surface area contributed by atoms with E-state index < -0.39 is 0 Å². The van der Waals surface area contributed by atoms with E-state index in [4.69, 9.17) is 0 Å². The summed E-state index contributed by atoms with van der Waals surface area (Å²) in [7, 11) is 5.74. The van der Waals surface area contributed by atoms with Gasteiger partial charge in [-0.2, -0.15) is 0 Å². The molecule has 2 rings (SSSR count). The van der Waals surface area contributed by atoms with Crippen molar-refractivity contribution < 1.29 is 0 Å². The largest absolute Gasteiger partial charge is 0.367 e. The first kappa shape index (κ1) is 7.00. The number of rotatable bonds is 0. The molecule has 10 heavy (non-hydrogen) atoms. The van der Waals surface area contributed by atoms with Crippen LogP contribution in [0, 0.1) is 0 Å². The van der Waals surface area contributed by atoms with E-state index in [9.17, 15) is 0 Å². The number of fused-ring (bicyclic) bond motifs is 1. The molecule has 1 aliphatic heterocycles. The Morgan fingerprint density at radius 3 is 2.30 bits per heavy atom. The lowest BCUT2D eigenvalue weighted by Gasteiger charge is -1.90. The summed E-state index contributed by atoms with van der Waals surface area (Å²) < 4.78 is 0. The molecule has 1 aromatic heterocycles. The molecular formula is C6H7NS3. The first-order chi connectivity index (χ1) is 4.97. The predicted octanol–water partition coefficient (Wildman–Crippen LogP) is 3.06. The highest BCUT2D eigenvalue weighted by Crippen LogP contribution is 2.42. The van der Waals surface area contributed by atoms with Gasteiger partial charge in [-0.05, 0) is 21.0 Å². The average Bonchev–Trinajstić information content (AvgIpc) is 2.28. The predicted molar refractivity (Wildman–Crippen MR) is 51.0 cm³/mol. The van der Waals surface area contributed by atoms with Crippen LogP contribution in [0.1, 0.15) is 11.1 Å². The molecule has 0 saturated heterocycles. The summed E-state index contributed by atoms with van der Waals surface area (Å²) in [6.07, 6.45) is 4.21. The Morgan fingerprint density at radius 2 is 1.70 bits per heavy atom. The maximum atomic E-state index is 3.13. The van der Waals surface area contributed by atoms with Gasteiger partial charge in [-0.15, -0.1) is 0 Å². The van der Waals surface area contributed by atoms with Gasteiger partial charge in [0.1, 0.15) is 0 Å². The molecule has 0 amide bonds. The second kappa shape index (κ2) is 3.15. The van der Waals surface area contributed by atoms with Crippen molar-refractivity contribution in [2.45, 2.75) is 11.5 Å². The second-order valence-corrected chi connectivity index (χ2v) is 6.33. The monoisotopic (exact) mass is 189 g/mol. The van der Waals surface area contributed by atoms with Gasteiger partial charge in [0.25, 0.3) is 0 Å². The van der Waals surface area contributed by atoms with Crippen molar-refractivity contribution in [3.63, 3.8) is 0 Å². The molecule has 0 atom stereocenters. The van der Waals surface area contributed by atoms with Crippen LogP contribution in [0.25, 0.3) is 0 Å². The first-order valence-corrected chi connectivity index (χ1v) is 6.84. The highest BCUT2D eigenvalue weighted by molar-refractivity contribution is 9.09. The van der Waals surface area contributed by atoms with Gasteiger partial charge in [-0.25, -0.2) is 0 Å². The van der Waals surface area contributed by atoms with E-state index in [0.29, 0.717) is 0 Å². The Hall–Kier alpha value is 0.330. The molecule has 0 spiro atoms. The van der Waals surface area contributed by atoms with Gasteiger partial charge >= 0.3 is 0 Å². The molecule has 0 bridgehead atoms. The molecule has 0 saturated carbocycles. The lowest BCUT2D eigenvalue weighted by atomic mass is 10.2. The van der Waals surface area contributed by atoms with Crippen LogP contribution in [-0.2, 0) is 11.5 Å². The molecule has 1 nitrogen and oxygen atoms in total. The van der Waals surface area contributed by atoms with Crippen molar-refractivity contribution in [2.75, 3.05) is 0 Å². The number of aromatic amines is 1. The van der Waals surface area contributed by atoms with Crippen molar-refractivity contribution in [3.05, 3.63) is 23.5 Å². The zero-order chi connectivity index (χ0) is 6.81. The van der Waals surface area contributed by atoms with Crippen molar-refractivity contribution in [1.82, 2.24) is 4.98 Å². The van der Waals surface area contributed by atoms with E-state index in [2.05, 4.69) is 17.4 Å². The molecule has 0 aliphatic carbocycles.